The van der Waals surface area contributed by atoms with E-state index in [0.29, 0.717) is 17.0 Å². The molecular formula is C17H14N4O3. The monoisotopic (exact) mass is 322 g/mol. The van der Waals surface area contributed by atoms with E-state index in [-0.39, 0.29) is 11.5 Å². The first kappa shape index (κ1) is 15.4. The molecule has 1 heterocycles. The number of amidine groups is 1. The minimum atomic E-state index is 0.0124. The van der Waals surface area contributed by atoms with Gasteiger partial charge in [-0.25, -0.2) is 9.98 Å². The summed E-state index contributed by atoms with van der Waals surface area (Å²) in [5, 5.41) is 21.9. The minimum absolute atomic E-state index is 0.0124. The first-order valence-corrected chi connectivity index (χ1v) is 7.07. The molecule has 3 aromatic rings. The van der Waals surface area contributed by atoms with Crippen molar-refractivity contribution in [2.24, 2.45) is 10.1 Å². The second-order valence-corrected chi connectivity index (χ2v) is 4.80. The maximum atomic E-state index is 9.40. The maximum absolute atomic E-state index is 9.40. The van der Waals surface area contributed by atoms with Crippen molar-refractivity contribution in [3.05, 3.63) is 72.8 Å². The van der Waals surface area contributed by atoms with Gasteiger partial charge in [0.2, 0.25) is 0 Å². The lowest BCUT2D eigenvalue weighted by atomic mass is 10.1. The molecule has 2 aromatic carbocycles. The summed E-state index contributed by atoms with van der Waals surface area (Å²) in [5.41, 5.74) is 4.02. The van der Waals surface area contributed by atoms with Crippen LogP contribution >= 0.6 is 0 Å². The molecule has 0 radical (unpaired) electrons. The highest BCUT2D eigenvalue weighted by Crippen LogP contribution is 2.24. The van der Waals surface area contributed by atoms with E-state index < -0.39 is 0 Å². The van der Waals surface area contributed by atoms with Crippen LogP contribution in [0.3, 0.4) is 0 Å². The lowest BCUT2D eigenvalue weighted by molar-refractivity contribution is 0.236. The van der Waals surface area contributed by atoms with E-state index in [1.54, 1.807) is 48.7 Å². The zero-order valence-corrected chi connectivity index (χ0v) is 12.5. The minimum Gasteiger partial charge on any atom is -0.444 e. The van der Waals surface area contributed by atoms with Crippen LogP contribution in [0.15, 0.2) is 81.8 Å². The normalized spacial score (nSPS) is 12.2. The van der Waals surface area contributed by atoms with Crippen LogP contribution in [-0.4, -0.2) is 26.9 Å². The molecule has 0 saturated heterocycles. The molecular weight excluding hydrogens is 308 g/mol. The van der Waals surface area contributed by atoms with Crippen LogP contribution in [0.25, 0.3) is 11.3 Å². The number of hydrogen-bond acceptors (Lipinski definition) is 6. The van der Waals surface area contributed by atoms with Crippen LogP contribution in [0.5, 0.6) is 0 Å². The molecule has 0 fully saturated rings. The zero-order chi connectivity index (χ0) is 16.8. The highest BCUT2D eigenvalue weighted by atomic mass is 16.5. The third-order valence-electron chi connectivity index (χ3n) is 3.28. The van der Waals surface area contributed by atoms with Gasteiger partial charge in [0.1, 0.15) is 0 Å². The van der Waals surface area contributed by atoms with E-state index in [1.807, 2.05) is 17.6 Å². The standard InChI is InChI=1S/C17H14N4O3/c22-20-16(12-5-2-1-3-6-12)17(21-23)19-14-8-4-7-13(9-14)15-10-18-11-24-15/h1-11,22-23H,(H,19,21)/b20-16+. The van der Waals surface area contributed by atoms with E-state index in [1.165, 1.54) is 6.39 Å². The van der Waals surface area contributed by atoms with Crippen LogP contribution in [0.2, 0.25) is 0 Å². The Hall–Kier alpha value is -3.45. The number of benzene rings is 2. The van der Waals surface area contributed by atoms with Gasteiger partial charge in [-0.05, 0) is 12.1 Å². The second-order valence-electron chi connectivity index (χ2n) is 4.80. The number of nitrogens with one attached hydrogen (secondary N) is 1. The maximum Gasteiger partial charge on any atom is 0.181 e. The van der Waals surface area contributed by atoms with E-state index in [9.17, 15) is 10.4 Å². The Labute approximate surface area is 137 Å². The molecule has 3 rings (SSSR count). The SMILES string of the molecule is O/N=C(/C(=Nc1cccc(-c2cnco2)c1)NO)c1ccccc1. The zero-order valence-electron chi connectivity index (χ0n) is 12.5. The number of aliphatic imine (C=N–C) groups is 1. The fraction of sp³-hybridized carbons (Fsp3) is 0. The summed E-state index contributed by atoms with van der Waals surface area (Å²) >= 11 is 0. The van der Waals surface area contributed by atoms with Gasteiger partial charge >= 0.3 is 0 Å². The van der Waals surface area contributed by atoms with E-state index in [0.717, 1.165) is 5.56 Å². The first-order valence-electron chi connectivity index (χ1n) is 7.07. The predicted octanol–water partition coefficient (Wildman–Crippen LogP) is 3.23. The number of aromatic nitrogens is 1. The summed E-state index contributed by atoms with van der Waals surface area (Å²) in [6, 6.07) is 16.1. The average molecular weight is 322 g/mol. The Morgan fingerprint density at radius 3 is 2.58 bits per heavy atom. The molecule has 3 N–H and O–H groups in total. The van der Waals surface area contributed by atoms with Crippen molar-refractivity contribution in [2.75, 3.05) is 0 Å². The quantitative estimate of drug-likeness (QED) is 0.296. The van der Waals surface area contributed by atoms with E-state index >= 15 is 0 Å². The summed E-state index contributed by atoms with van der Waals surface area (Å²) in [6.07, 6.45) is 2.94. The Morgan fingerprint density at radius 1 is 1.08 bits per heavy atom. The third-order valence-corrected chi connectivity index (χ3v) is 3.28. The van der Waals surface area contributed by atoms with Gasteiger partial charge in [-0.15, -0.1) is 0 Å². The van der Waals surface area contributed by atoms with Gasteiger partial charge in [0.15, 0.2) is 23.7 Å². The number of hydrogen-bond donors (Lipinski definition) is 3. The summed E-state index contributed by atoms with van der Waals surface area (Å²) in [4.78, 5) is 8.18. The lowest BCUT2D eigenvalue weighted by Gasteiger charge is -2.07. The predicted molar refractivity (Wildman–Crippen MR) is 88.7 cm³/mol. The highest BCUT2D eigenvalue weighted by Gasteiger charge is 2.12. The van der Waals surface area contributed by atoms with Crippen molar-refractivity contribution >= 4 is 17.2 Å². The van der Waals surface area contributed by atoms with Crippen LogP contribution < -0.4 is 5.48 Å². The van der Waals surface area contributed by atoms with Gasteiger partial charge in [0.25, 0.3) is 0 Å². The van der Waals surface area contributed by atoms with Crippen LogP contribution in [0.4, 0.5) is 5.69 Å². The van der Waals surface area contributed by atoms with Crippen molar-refractivity contribution in [1.82, 2.24) is 10.5 Å². The Morgan fingerprint density at radius 2 is 1.92 bits per heavy atom. The molecule has 0 spiro atoms. The van der Waals surface area contributed by atoms with Crippen molar-refractivity contribution in [2.45, 2.75) is 0 Å². The number of hydroxylamine groups is 1. The van der Waals surface area contributed by atoms with Crippen molar-refractivity contribution in [3.8, 4) is 11.3 Å². The van der Waals surface area contributed by atoms with E-state index in [4.69, 9.17) is 4.42 Å². The molecule has 0 unspecified atom stereocenters. The molecule has 0 saturated carbocycles. The van der Waals surface area contributed by atoms with Gasteiger partial charge in [0.05, 0.1) is 11.9 Å². The Kier molecular flexibility index (Phi) is 4.64. The summed E-state index contributed by atoms with van der Waals surface area (Å²) in [6.45, 7) is 0. The molecule has 0 aliphatic heterocycles. The number of oxime groups is 1. The molecule has 1 aromatic heterocycles. The molecule has 7 nitrogen and oxygen atoms in total. The van der Waals surface area contributed by atoms with Crippen molar-refractivity contribution < 1.29 is 14.8 Å². The average Bonchev–Trinajstić information content (AvgIpc) is 3.17. The van der Waals surface area contributed by atoms with Crippen molar-refractivity contribution in [3.63, 3.8) is 0 Å². The van der Waals surface area contributed by atoms with Gasteiger partial charge in [-0.3, -0.25) is 10.7 Å². The lowest BCUT2D eigenvalue weighted by Crippen LogP contribution is -2.29. The fourth-order valence-electron chi connectivity index (χ4n) is 2.18. The second kappa shape index (κ2) is 7.21. The highest BCUT2D eigenvalue weighted by molar-refractivity contribution is 6.47. The van der Waals surface area contributed by atoms with Gasteiger partial charge < -0.3 is 9.62 Å². The molecule has 24 heavy (non-hydrogen) atoms. The number of nitrogens with zero attached hydrogens (tertiary/aromatic N) is 3. The summed E-state index contributed by atoms with van der Waals surface area (Å²) in [7, 11) is 0. The first-order chi connectivity index (χ1) is 11.8. The van der Waals surface area contributed by atoms with E-state index in [2.05, 4.69) is 15.1 Å². The topological polar surface area (TPSA) is 103 Å². The number of rotatable bonds is 4. The summed E-state index contributed by atoms with van der Waals surface area (Å²) < 4.78 is 5.26. The van der Waals surface area contributed by atoms with Crippen LogP contribution in [0.1, 0.15) is 5.56 Å². The molecule has 0 aliphatic rings. The van der Waals surface area contributed by atoms with Crippen LogP contribution in [0, 0.1) is 0 Å². The van der Waals surface area contributed by atoms with Gasteiger partial charge in [-0.1, -0.05) is 47.6 Å². The largest absolute Gasteiger partial charge is 0.444 e. The third kappa shape index (κ3) is 3.31. The fourth-order valence-corrected chi connectivity index (χ4v) is 2.18. The van der Waals surface area contributed by atoms with Crippen molar-refractivity contribution in [1.29, 1.82) is 0 Å². The van der Waals surface area contributed by atoms with Crippen LogP contribution in [-0.2, 0) is 0 Å². The molecule has 0 amide bonds. The molecule has 0 bridgehead atoms. The smallest absolute Gasteiger partial charge is 0.181 e. The molecule has 120 valence electrons. The van der Waals surface area contributed by atoms with Gasteiger partial charge in [0, 0.05) is 11.1 Å². The van der Waals surface area contributed by atoms with Gasteiger partial charge in [-0.2, -0.15) is 0 Å². The Bertz CT molecular complexity index is 859. The number of oxazole rings is 1. The summed E-state index contributed by atoms with van der Waals surface area (Å²) in [5.74, 6) is 0.614. The molecule has 0 aliphatic carbocycles. The Balaban J connectivity index is 1.97. The molecule has 7 heteroatoms. The molecule has 0 atom stereocenters.